The first-order valence-electron chi connectivity index (χ1n) is 12.2. The van der Waals surface area contributed by atoms with Gasteiger partial charge in [-0.05, 0) is 36.1 Å². The molecule has 3 aromatic heterocycles. The highest BCUT2D eigenvalue weighted by atomic mass is 32.2. The summed E-state index contributed by atoms with van der Waals surface area (Å²) in [6.07, 6.45) is 2.11. The minimum Gasteiger partial charge on any atom is -0.464 e. The van der Waals surface area contributed by atoms with Crippen LogP contribution in [0.15, 0.2) is 61.6 Å². The Kier molecular flexibility index (Phi) is 8.95. The lowest BCUT2D eigenvalue weighted by molar-refractivity contribution is 0.163. The first-order valence-corrected chi connectivity index (χ1v) is 15.5. The van der Waals surface area contributed by atoms with E-state index in [1.807, 2.05) is 10.8 Å². The van der Waals surface area contributed by atoms with E-state index in [0.29, 0.717) is 30.4 Å². The van der Waals surface area contributed by atoms with Crippen LogP contribution in [-0.2, 0) is 23.0 Å². The zero-order valence-electron chi connectivity index (χ0n) is 21.2. The molecule has 10 heteroatoms. The third kappa shape index (κ3) is 6.80. The van der Waals surface area contributed by atoms with Gasteiger partial charge in [0, 0.05) is 48.2 Å². The quantitative estimate of drug-likeness (QED) is 0.212. The lowest BCUT2D eigenvalue weighted by Gasteiger charge is -2.36. The molecule has 7 nitrogen and oxygen atoms in total. The molecule has 0 fully saturated rings. The number of hydrogen-bond donors (Lipinski definition) is 0. The van der Waals surface area contributed by atoms with Crippen LogP contribution in [0.2, 0.25) is 0 Å². The van der Waals surface area contributed by atoms with E-state index in [0.717, 1.165) is 29.9 Å². The van der Waals surface area contributed by atoms with Crippen LogP contribution in [0.3, 0.4) is 0 Å². The van der Waals surface area contributed by atoms with Crippen LogP contribution < -0.4 is 0 Å². The van der Waals surface area contributed by atoms with Crippen molar-refractivity contribution in [3.8, 4) is 0 Å². The van der Waals surface area contributed by atoms with Gasteiger partial charge in [-0.1, -0.05) is 27.7 Å². The fourth-order valence-electron chi connectivity index (χ4n) is 4.52. The Morgan fingerprint density at radius 3 is 2.19 bits per heavy atom. The summed E-state index contributed by atoms with van der Waals surface area (Å²) in [7, 11) is -3.85. The molecule has 3 heterocycles. The minimum absolute atomic E-state index is 0.210. The fraction of sp³-hybridized carbons (Fsp3) is 0.462. The van der Waals surface area contributed by atoms with Gasteiger partial charge in [-0.25, -0.2) is 18.4 Å². The molecule has 0 saturated heterocycles. The van der Waals surface area contributed by atoms with Crippen LogP contribution in [0.25, 0.3) is 11.0 Å². The highest BCUT2D eigenvalue weighted by molar-refractivity contribution is 7.89. The van der Waals surface area contributed by atoms with Gasteiger partial charge in [-0.3, -0.25) is 0 Å². The minimum atomic E-state index is -3.85. The zero-order valence-corrected chi connectivity index (χ0v) is 23.7. The molecule has 0 N–H and O–H groups in total. The van der Waals surface area contributed by atoms with Crippen molar-refractivity contribution in [3.63, 3.8) is 0 Å². The van der Waals surface area contributed by atoms with Crippen molar-refractivity contribution in [2.45, 2.75) is 51.6 Å². The summed E-state index contributed by atoms with van der Waals surface area (Å²) < 4.78 is 35.6. The van der Waals surface area contributed by atoms with Crippen molar-refractivity contribution in [3.05, 3.63) is 63.7 Å². The predicted molar refractivity (Wildman–Crippen MR) is 147 cm³/mol. The SMILES string of the molecule is CC(C)CN(CC(C)C)C[C@H](Cc1cscn1)N(Cc1cscn1)S(=O)(=O)c1ccc2occc2c1. The van der Waals surface area contributed by atoms with E-state index in [4.69, 9.17) is 4.42 Å². The highest BCUT2D eigenvalue weighted by Crippen LogP contribution is 2.27. The van der Waals surface area contributed by atoms with Crippen molar-refractivity contribution in [2.24, 2.45) is 11.8 Å². The monoisotopic (exact) mass is 546 g/mol. The summed E-state index contributed by atoms with van der Waals surface area (Å²) in [5, 5.41) is 4.69. The van der Waals surface area contributed by atoms with E-state index in [1.165, 1.54) is 22.7 Å². The summed E-state index contributed by atoms with van der Waals surface area (Å²) in [6, 6.07) is 6.54. The van der Waals surface area contributed by atoms with Gasteiger partial charge < -0.3 is 9.32 Å². The molecule has 4 rings (SSSR count). The first kappa shape index (κ1) is 26.9. The number of hydrogen-bond acceptors (Lipinski definition) is 8. The average molecular weight is 547 g/mol. The van der Waals surface area contributed by atoms with Gasteiger partial charge in [-0.15, -0.1) is 22.7 Å². The van der Waals surface area contributed by atoms with Gasteiger partial charge in [-0.2, -0.15) is 4.31 Å². The van der Waals surface area contributed by atoms with E-state index >= 15 is 0 Å². The fourth-order valence-corrected chi connectivity index (χ4v) is 7.26. The second-order valence-corrected chi connectivity index (χ2v) is 13.3. The van der Waals surface area contributed by atoms with Gasteiger partial charge in [0.1, 0.15) is 5.58 Å². The largest absolute Gasteiger partial charge is 0.464 e. The zero-order chi connectivity index (χ0) is 25.7. The molecular weight excluding hydrogens is 513 g/mol. The Hall–Kier alpha value is -2.11. The Morgan fingerprint density at radius 1 is 0.917 bits per heavy atom. The smallest absolute Gasteiger partial charge is 0.243 e. The number of thiazole rings is 2. The lowest BCUT2D eigenvalue weighted by Crippen LogP contribution is -2.49. The molecule has 4 aromatic rings. The Balaban J connectivity index is 1.76. The molecule has 0 aliphatic heterocycles. The van der Waals surface area contributed by atoms with E-state index in [-0.39, 0.29) is 17.5 Å². The van der Waals surface area contributed by atoms with Gasteiger partial charge in [0.05, 0.1) is 40.1 Å². The third-order valence-electron chi connectivity index (χ3n) is 5.88. The number of aromatic nitrogens is 2. The standard InChI is InChI=1S/C26H34N4O3S3/c1-19(2)11-29(12-20(3)4)14-24(10-22-15-34-17-27-22)30(13-23-16-35-18-28-23)36(31,32)25-5-6-26-21(9-25)7-8-33-26/h5-9,15-20,24H,10-14H2,1-4H3/t24-/m0/s1. The molecule has 0 unspecified atom stereocenters. The molecule has 36 heavy (non-hydrogen) atoms. The van der Waals surface area contributed by atoms with Crippen molar-refractivity contribution in [1.82, 2.24) is 19.2 Å². The summed E-state index contributed by atoms with van der Waals surface area (Å²) in [5.74, 6) is 0.937. The summed E-state index contributed by atoms with van der Waals surface area (Å²) in [4.78, 5) is 11.6. The topological polar surface area (TPSA) is 79.5 Å². The summed E-state index contributed by atoms with van der Waals surface area (Å²) in [6.45, 7) is 11.4. The Labute approximate surface area is 221 Å². The molecule has 1 atom stereocenters. The molecular formula is C26H34N4O3S3. The Bertz CT molecular complexity index is 1310. The lowest BCUT2D eigenvalue weighted by atomic mass is 10.1. The van der Waals surface area contributed by atoms with Crippen LogP contribution in [0, 0.1) is 11.8 Å². The van der Waals surface area contributed by atoms with Crippen molar-refractivity contribution >= 4 is 43.7 Å². The first-order chi connectivity index (χ1) is 17.2. The van der Waals surface area contributed by atoms with Crippen LogP contribution in [0.4, 0.5) is 0 Å². The Morgan fingerprint density at radius 2 is 1.58 bits per heavy atom. The van der Waals surface area contributed by atoms with E-state index < -0.39 is 10.0 Å². The highest BCUT2D eigenvalue weighted by Gasteiger charge is 2.34. The summed E-state index contributed by atoms with van der Waals surface area (Å²) >= 11 is 3.00. The molecule has 0 amide bonds. The van der Waals surface area contributed by atoms with Crippen LogP contribution in [0.1, 0.15) is 39.1 Å². The maximum atomic E-state index is 14.3. The van der Waals surface area contributed by atoms with Crippen molar-refractivity contribution < 1.29 is 12.8 Å². The van der Waals surface area contributed by atoms with Crippen LogP contribution >= 0.6 is 22.7 Å². The summed E-state index contributed by atoms with van der Waals surface area (Å²) in [5.41, 5.74) is 5.87. The normalized spacial score (nSPS) is 13.6. The molecule has 0 spiro atoms. The van der Waals surface area contributed by atoms with Gasteiger partial charge >= 0.3 is 0 Å². The predicted octanol–water partition coefficient (Wildman–Crippen LogP) is 5.76. The molecule has 0 aliphatic rings. The second kappa shape index (κ2) is 12.0. The third-order valence-corrected chi connectivity index (χ3v) is 9.05. The molecule has 0 saturated carbocycles. The van der Waals surface area contributed by atoms with E-state index in [1.54, 1.807) is 45.9 Å². The average Bonchev–Trinajstić information content (AvgIpc) is 3.58. The molecule has 1 aromatic carbocycles. The maximum absolute atomic E-state index is 14.3. The van der Waals surface area contributed by atoms with Gasteiger partial charge in [0.25, 0.3) is 0 Å². The second-order valence-electron chi connectivity index (χ2n) is 9.99. The van der Waals surface area contributed by atoms with E-state index in [2.05, 4.69) is 42.6 Å². The number of sulfonamides is 1. The van der Waals surface area contributed by atoms with Gasteiger partial charge in [0.15, 0.2) is 0 Å². The van der Waals surface area contributed by atoms with E-state index in [9.17, 15) is 8.42 Å². The number of nitrogens with zero attached hydrogens (tertiary/aromatic N) is 4. The van der Waals surface area contributed by atoms with Crippen LogP contribution in [0.5, 0.6) is 0 Å². The molecule has 0 aliphatic carbocycles. The molecule has 0 bridgehead atoms. The van der Waals surface area contributed by atoms with Crippen molar-refractivity contribution in [2.75, 3.05) is 19.6 Å². The van der Waals surface area contributed by atoms with Crippen LogP contribution in [-0.4, -0.2) is 53.3 Å². The number of fused-ring (bicyclic) bond motifs is 1. The van der Waals surface area contributed by atoms with Gasteiger partial charge in [0.2, 0.25) is 10.0 Å². The molecule has 0 radical (unpaired) electrons. The van der Waals surface area contributed by atoms with Crippen molar-refractivity contribution in [1.29, 1.82) is 0 Å². The number of furan rings is 1. The number of rotatable bonds is 13. The number of benzene rings is 1. The molecule has 194 valence electrons. The maximum Gasteiger partial charge on any atom is 0.243 e.